The van der Waals surface area contributed by atoms with Crippen LogP contribution in [0, 0.1) is 0 Å². The molecule has 2 aromatic rings. The molecule has 27 heavy (non-hydrogen) atoms. The highest BCUT2D eigenvalue weighted by molar-refractivity contribution is 5.76. The van der Waals surface area contributed by atoms with Crippen LogP contribution in [0.15, 0.2) is 48.7 Å². The van der Waals surface area contributed by atoms with Crippen molar-refractivity contribution in [2.45, 2.75) is 38.1 Å². The van der Waals surface area contributed by atoms with Crippen LogP contribution in [-0.2, 0) is 22.6 Å². The highest BCUT2D eigenvalue weighted by atomic mass is 16.5. The van der Waals surface area contributed by atoms with E-state index in [0.29, 0.717) is 25.5 Å². The van der Waals surface area contributed by atoms with Gasteiger partial charge in [-0.2, -0.15) is 0 Å². The Balaban J connectivity index is 1.26. The molecular formula is C21H25N3O3. The molecule has 1 fully saturated rings. The van der Waals surface area contributed by atoms with Crippen LogP contribution in [0.2, 0.25) is 0 Å². The third-order valence-corrected chi connectivity index (χ3v) is 5.12. The van der Waals surface area contributed by atoms with Gasteiger partial charge in [-0.3, -0.25) is 9.69 Å². The topological polar surface area (TPSA) is 63.7 Å². The molecule has 2 aliphatic heterocycles. The Morgan fingerprint density at radius 2 is 1.96 bits per heavy atom. The van der Waals surface area contributed by atoms with Crippen LogP contribution in [0.25, 0.3) is 0 Å². The van der Waals surface area contributed by atoms with E-state index in [1.807, 2.05) is 18.2 Å². The second-order valence-corrected chi connectivity index (χ2v) is 7.09. The predicted octanol–water partition coefficient (Wildman–Crippen LogP) is 2.14. The molecule has 0 saturated carbocycles. The van der Waals surface area contributed by atoms with Crippen molar-refractivity contribution >= 4 is 5.91 Å². The van der Waals surface area contributed by atoms with Crippen LogP contribution in [0.1, 0.15) is 24.0 Å². The Morgan fingerprint density at radius 3 is 2.70 bits per heavy atom. The van der Waals surface area contributed by atoms with Gasteiger partial charge in [-0.1, -0.05) is 30.3 Å². The monoisotopic (exact) mass is 367 g/mol. The number of benzene rings is 1. The summed E-state index contributed by atoms with van der Waals surface area (Å²) in [5.74, 6) is 0.620. The summed E-state index contributed by atoms with van der Waals surface area (Å²) >= 11 is 0. The summed E-state index contributed by atoms with van der Waals surface area (Å²) in [5, 5.41) is 3.14. The second kappa shape index (κ2) is 8.50. The standard InChI is InChI=1S/C21H25N3O3/c25-20(8-11-24-13-16-5-1-2-6-17(16)14-24)23-18-9-12-26-15-19(18)27-21-7-3-4-10-22-21/h1-7,10,18-19H,8-9,11-15H2,(H,23,25)/t18-,19-/m1/s1. The van der Waals surface area contributed by atoms with Crippen LogP contribution in [0.4, 0.5) is 0 Å². The van der Waals surface area contributed by atoms with Gasteiger partial charge in [-0.05, 0) is 23.6 Å². The molecule has 0 unspecified atom stereocenters. The number of rotatable bonds is 6. The minimum atomic E-state index is -0.214. The number of ether oxygens (including phenoxy) is 2. The molecule has 0 radical (unpaired) electrons. The summed E-state index contributed by atoms with van der Waals surface area (Å²) in [7, 11) is 0. The fourth-order valence-electron chi connectivity index (χ4n) is 3.67. The maximum absolute atomic E-state index is 12.5. The quantitative estimate of drug-likeness (QED) is 0.848. The van der Waals surface area contributed by atoms with Gasteiger partial charge in [0, 0.05) is 44.9 Å². The van der Waals surface area contributed by atoms with Crippen LogP contribution in [0.5, 0.6) is 5.88 Å². The molecule has 6 heteroatoms. The Morgan fingerprint density at radius 1 is 1.19 bits per heavy atom. The van der Waals surface area contributed by atoms with Crippen molar-refractivity contribution in [3.63, 3.8) is 0 Å². The summed E-state index contributed by atoms with van der Waals surface area (Å²) in [6, 6.07) is 14.0. The van der Waals surface area contributed by atoms with E-state index in [1.54, 1.807) is 6.20 Å². The molecule has 2 atom stereocenters. The van der Waals surface area contributed by atoms with Crippen molar-refractivity contribution in [2.24, 2.45) is 0 Å². The molecule has 0 aliphatic carbocycles. The van der Waals surface area contributed by atoms with Crippen molar-refractivity contribution in [1.82, 2.24) is 15.2 Å². The number of aromatic nitrogens is 1. The average Bonchev–Trinajstić information content (AvgIpc) is 3.12. The lowest BCUT2D eigenvalue weighted by Gasteiger charge is -2.32. The van der Waals surface area contributed by atoms with Crippen molar-refractivity contribution in [1.29, 1.82) is 0 Å². The number of hydrogen-bond donors (Lipinski definition) is 1. The van der Waals surface area contributed by atoms with Gasteiger partial charge in [0.25, 0.3) is 0 Å². The average molecular weight is 367 g/mol. The third-order valence-electron chi connectivity index (χ3n) is 5.12. The molecule has 3 heterocycles. The van der Waals surface area contributed by atoms with Crippen LogP contribution < -0.4 is 10.1 Å². The largest absolute Gasteiger partial charge is 0.470 e. The molecule has 1 aromatic heterocycles. The summed E-state index contributed by atoms with van der Waals surface area (Å²) < 4.78 is 11.5. The smallest absolute Gasteiger partial charge is 0.221 e. The number of carbonyl (C=O) groups excluding carboxylic acids is 1. The molecule has 1 aromatic carbocycles. The van der Waals surface area contributed by atoms with Crippen molar-refractivity contribution in [3.8, 4) is 5.88 Å². The van der Waals surface area contributed by atoms with E-state index < -0.39 is 0 Å². The maximum atomic E-state index is 12.5. The lowest BCUT2D eigenvalue weighted by molar-refractivity contribution is -0.124. The first-order valence-corrected chi connectivity index (χ1v) is 9.52. The summed E-state index contributed by atoms with van der Waals surface area (Å²) in [4.78, 5) is 19.0. The van der Waals surface area contributed by atoms with Crippen LogP contribution >= 0.6 is 0 Å². The Hall–Kier alpha value is -2.44. The normalized spacial score (nSPS) is 22.2. The molecule has 4 rings (SSSR count). The van der Waals surface area contributed by atoms with E-state index in [1.165, 1.54) is 11.1 Å². The predicted molar refractivity (Wildman–Crippen MR) is 101 cm³/mol. The maximum Gasteiger partial charge on any atom is 0.221 e. The van der Waals surface area contributed by atoms with E-state index >= 15 is 0 Å². The Kier molecular flexibility index (Phi) is 5.65. The molecule has 6 nitrogen and oxygen atoms in total. The summed E-state index contributed by atoms with van der Waals surface area (Å²) in [6.07, 6.45) is 2.72. The van der Waals surface area contributed by atoms with E-state index in [-0.39, 0.29) is 18.1 Å². The first-order valence-electron chi connectivity index (χ1n) is 9.52. The van der Waals surface area contributed by atoms with Crippen molar-refractivity contribution < 1.29 is 14.3 Å². The number of nitrogens with one attached hydrogen (secondary N) is 1. The third kappa shape index (κ3) is 4.64. The summed E-state index contributed by atoms with van der Waals surface area (Å²) in [6.45, 7) is 3.70. The summed E-state index contributed by atoms with van der Waals surface area (Å²) in [5.41, 5.74) is 2.73. The second-order valence-electron chi connectivity index (χ2n) is 7.09. The van der Waals surface area contributed by atoms with Crippen molar-refractivity contribution in [2.75, 3.05) is 19.8 Å². The number of pyridine rings is 1. The number of hydrogen-bond acceptors (Lipinski definition) is 5. The number of carbonyl (C=O) groups is 1. The lowest BCUT2D eigenvalue weighted by Crippen LogP contribution is -2.51. The molecular weight excluding hydrogens is 342 g/mol. The number of nitrogens with zero attached hydrogens (tertiary/aromatic N) is 2. The van der Waals surface area contributed by atoms with Crippen molar-refractivity contribution in [3.05, 3.63) is 59.8 Å². The van der Waals surface area contributed by atoms with E-state index in [9.17, 15) is 4.79 Å². The highest BCUT2D eigenvalue weighted by Gasteiger charge is 2.29. The Labute approximate surface area is 159 Å². The minimum absolute atomic E-state index is 0.0518. The van der Waals surface area contributed by atoms with Gasteiger partial charge < -0.3 is 14.8 Å². The SMILES string of the molecule is O=C(CCN1Cc2ccccc2C1)N[C@@H]1CCOC[C@H]1Oc1ccccn1. The minimum Gasteiger partial charge on any atom is -0.470 e. The van der Waals surface area contributed by atoms with Gasteiger partial charge >= 0.3 is 0 Å². The first kappa shape index (κ1) is 17.9. The number of amides is 1. The zero-order valence-electron chi connectivity index (χ0n) is 15.3. The van der Waals surface area contributed by atoms with Crippen LogP contribution in [0.3, 0.4) is 0 Å². The molecule has 0 spiro atoms. The molecule has 0 bridgehead atoms. The van der Waals surface area contributed by atoms with Gasteiger partial charge in [0.05, 0.1) is 12.6 Å². The van der Waals surface area contributed by atoms with Gasteiger partial charge in [-0.15, -0.1) is 0 Å². The molecule has 1 amide bonds. The highest BCUT2D eigenvalue weighted by Crippen LogP contribution is 2.22. The van der Waals surface area contributed by atoms with E-state index in [0.717, 1.165) is 26.1 Å². The Bertz CT molecular complexity index is 743. The van der Waals surface area contributed by atoms with Gasteiger partial charge in [-0.25, -0.2) is 4.98 Å². The van der Waals surface area contributed by atoms with Gasteiger partial charge in [0.1, 0.15) is 6.10 Å². The van der Waals surface area contributed by atoms with Gasteiger partial charge in [0.15, 0.2) is 0 Å². The van der Waals surface area contributed by atoms with Crippen LogP contribution in [-0.4, -0.2) is 47.7 Å². The molecule has 1 N–H and O–H groups in total. The number of fused-ring (bicyclic) bond motifs is 1. The zero-order valence-corrected chi connectivity index (χ0v) is 15.3. The fraction of sp³-hybridized carbons (Fsp3) is 0.429. The zero-order chi connectivity index (χ0) is 18.5. The molecule has 142 valence electrons. The fourth-order valence-corrected chi connectivity index (χ4v) is 3.67. The van der Waals surface area contributed by atoms with E-state index in [4.69, 9.17) is 9.47 Å². The molecule has 2 aliphatic rings. The van der Waals surface area contributed by atoms with Gasteiger partial charge in [0.2, 0.25) is 11.8 Å². The molecule has 1 saturated heterocycles. The lowest BCUT2D eigenvalue weighted by atomic mass is 10.1. The first-order chi connectivity index (χ1) is 13.3. The van der Waals surface area contributed by atoms with E-state index in [2.05, 4.69) is 39.5 Å².